The molecule has 2 atom stereocenters. The summed E-state index contributed by atoms with van der Waals surface area (Å²) >= 11 is 0. The number of nitrogens with two attached hydrogens (primary N) is 2. The van der Waals surface area contributed by atoms with Gasteiger partial charge in [-0.1, -0.05) is 13.0 Å². The third-order valence-electron chi connectivity index (χ3n) is 4.85. The molecule has 0 bridgehead atoms. The molecule has 112 valence electrons. The molecule has 0 radical (unpaired) electrons. The van der Waals surface area contributed by atoms with Crippen LogP contribution in [0.5, 0.6) is 0 Å². The van der Waals surface area contributed by atoms with E-state index in [2.05, 4.69) is 29.2 Å². The third-order valence-corrected chi connectivity index (χ3v) is 4.85. The lowest BCUT2D eigenvalue weighted by Crippen LogP contribution is -2.61. The van der Waals surface area contributed by atoms with E-state index in [1.165, 1.54) is 12.8 Å². The van der Waals surface area contributed by atoms with Gasteiger partial charge in [-0.3, -0.25) is 16.2 Å². The van der Waals surface area contributed by atoms with Crippen LogP contribution in [0.25, 0.3) is 0 Å². The van der Waals surface area contributed by atoms with Gasteiger partial charge >= 0.3 is 0 Å². The number of hydrazine groups is 1. The van der Waals surface area contributed by atoms with Gasteiger partial charge in [0.2, 0.25) is 0 Å². The monoisotopic (exact) mass is 277 g/mol. The number of anilines is 1. The van der Waals surface area contributed by atoms with E-state index in [0.29, 0.717) is 5.82 Å². The van der Waals surface area contributed by atoms with Gasteiger partial charge < -0.3 is 5.73 Å². The van der Waals surface area contributed by atoms with Crippen molar-refractivity contribution >= 4 is 5.82 Å². The molecule has 2 heterocycles. The molecule has 1 saturated heterocycles. The van der Waals surface area contributed by atoms with Crippen molar-refractivity contribution in [2.75, 3.05) is 18.8 Å². The molecule has 5 heteroatoms. The van der Waals surface area contributed by atoms with E-state index in [1.807, 2.05) is 12.1 Å². The lowest BCUT2D eigenvalue weighted by atomic mass is 9.84. The zero-order valence-corrected chi connectivity index (χ0v) is 12.6. The first-order valence-electron chi connectivity index (χ1n) is 7.52. The maximum Gasteiger partial charge on any atom is 0.126 e. The Morgan fingerprint density at radius 2 is 2.15 bits per heavy atom. The average molecular weight is 277 g/mol. The quantitative estimate of drug-likeness (QED) is 0.539. The summed E-state index contributed by atoms with van der Waals surface area (Å²) in [5.41, 5.74) is 10.1. The number of hydrogen-bond donors (Lipinski definition) is 3. The number of nitrogen functional groups attached to an aromatic ring is 1. The molecule has 0 aromatic carbocycles. The minimum Gasteiger partial charge on any atom is -0.383 e. The Hall–Kier alpha value is -1.17. The van der Waals surface area contributed by atoms with Crippen molar-refractivity contribution in [2.45, 2.75) is 51.1 Å². The SMILES string of the molecule is CCC(C)(C(Cc1cccnc1N)NN)N1CCCC1. The topological polar surface area (TPSA) is 80.2 Å². The van der Waals surface area contributed by atoms with Crippen LogP contribution in [0.1, 0.15) is 38.7 Å². The second-order valence-electron chi connectivity index (χ2n) is 5.88. The highest BCUT2D eigenvalue weighted by atomic mass is 15.3. The fourth-order valence-electron chi connectivity index (χ4n) is 3.22. The summed E-state index contributed by atoms with van der Waals surface area (Å²) < 4.78 is 0. The van der Waals surface area contributed by atoms with Gasteiger partial charge in [0.05, 0.1) is 0 Å². The molecule has 0 saturated carbocycles. The summed E-state index contributed by atoms with van der Waals surface area (Å²) in [7, 11) is 0. The summed E-state index contributed by atoms with van der Waals surface area (Å²) in [6.45, 7) is 6.85. The van der Waals surface area contributed by atoms with Crippen LogP contribution in [0.15, 0.2) is 18.3 Å². The zero-order valence-electron chi connectivity index (χ0n) is 12.6. The number of pyridine rings is 1. The first-order valence-corrected chi connectivity index (χ1v) is 7.52. The van der Waals surface area contributed by atoms with Crippen LogP contribution in [-0.2, 0) is 6.42 Å². The van der Waals surface area contributed by atoms with Crippen molar-refractivity contribution < 1.29 is 0 Å². The molecule has 1 aromatic rings. The summed E-state index contributed by atoms with van der Waals surface area (Å²) in [6, 6.07) is 4.13. The van der Waals surface area contributed by atoms with Crippen molar-refractivity contribution in [2.24, 2.45) is 5.84 Å². The highest BCUT2D eigenvalue weighted by Gasteiger charge is 2.39. The Kier molecular flexibility index (Phi) is 4.96. The van der Waals surface area contributed by atoms with Crippen LogP contribution in [0.4, 0.5) is 5.82 Å². The van der Waals surface area contributed by atoms with Gasteiger partial charge in [-0.15, -0.1) is 0 Å². The van der Waals surface area contributed by atoms with Crippen molar-refractivity contribution in [3.8, 4) is 0 Å². The number of rotatable bonds is 6. The normalized spacial score (nSPS) is 20.8. The smallest absolute Gasteiger partial charge is 0.126 e. The van der Waals surface area contributed by atoms with Gasteiger partial charge in [0.25, 0.3) is 0 Å². The molecule has 2 unspecified atom stereocenters. The first kappa shape index (κ1) is 15.2. The van der Waals surface area contributed by atoms with Crippen LogP contribution < -0.4 is 17.0 Å². The van der Waals surface area contributed by atoms with Gasteiger partial charge in [-0.25, -0.2) is 4.98 Å². The van der Waals surface area contributed by atoms with E-state index < -0.39 is 0 Å². The second kappa shape index (κ2) is 6.52. The number of nitrogens with zero attached hydrogens (tertiary/aromatic N) is 2. The number of hydrogen-bond acceptors (Lipinski definition) is 5. The molecule has 0 amide bonds. The molecule has 2 rings (SSSR count). The second-order valence-corrected chi connectivity index (χ2v) is 5.88. The van der Waals surface area contributed by atoms with E-state index in [1.54, 1.807) is 6.20 Å². The molecular weight excluding hydrogens is 250 g/mol. The van der Waals surface area contributed by atoms with E-state index in [9.17, 15) is 0 Å². The van der Waals surface area contributed by atoms with E-state index >= 15 is 0 Å². The molecule has 1 aliphatic heterocycles. The van der Waals surface area contributed by atoms with Crippen LogP contribution >= 0.6 is 0 Å². The predicted octanol–water partition coefficient (Wildman–Crippen LogP) is 1.30. The van der Waals surface area contributed by atoms with Crippen LogP contribution in [0, 0.1) is 0 Å². The van der Waals surface area contributed by atoms with Gasteiger partial charge in [-0.2, -0.15) is 0 Å². The number of nitrogens with one attached hydrogen (secondary N) is 1. The van der Waals surface area contributed by atoms with Crippen LogP contribution in [0.3, 0.4) is 0 Å². The summed E-state index contributed by atoms with van der Waals surface area (Å²) in [5.74, 6) is 6.47. The average Bonchev–Trinajstić information content (AvgIpc) is 3.00. The lowest BCUT2D eigenvalue weighted by Gasteiger charge is -2.44. The van der Waals surface area contributed by atoms with Crippen LogP contribution in [-0.4, -0.2) is 34.6 Å². The van der Waals surface area contributed by atoms with E-state index in [0.717, 1.165) is 31.5 Å². The van der Waals surface area contributed by atoms with Crippen molar-refractivity contribution in [1.82, 2.24) is 15.3 Å². The molecule has 5 nitrogen and oxygen atoms in total. The predicted molar refractivity (Wildman–Crippen MR) is 83.0 cm³/mol. The minimum absolute atomic E-state index is 0.0491. The maximum absolute atomic E-state index is 5.97. The molecule has 0 spiro atoms. The molecule has 1 aliphatic rings. The van der Waals surface area contributed by atoms with Crippen molar-refractivity contribution in [3.63, 3.8) is 0 Å². The zero-order chi connectivity index (χ0) is 14.6. The Morgan fingerprint density at radius 1 is 1.45 bits per heavy atom. The van der Waals surface area contributed by atoms with Gasteiger partial charge in [-0.05, 0) is 57.3 Å². The van der Waals surface area contributed by atoms with Crippen molar-refractivity contribution in [3.05, 3.63) is 23.9 Å². The number of aromatic nitrogens is 1. The first-order chi connectivity index (χ1) is 9.61. The molecule has 1 aromatic heterocycles. The molecule has 5 N–H and O–H groups in total. The van der Waals surface area contributed by atoms with E-state index in [-0.39, 0.29) is 11.6 Å². The molecule has 1 fully saturated rings. The highest BCUT2D eigenvalue weighted by molar-refractivity contribution is 5.39. The molecule has 20 heavy (non-hydrogen) atoms. The Morgan fingerprint density at radius 3 is 2.70 bits per heavy atom. The van der Waals surface area contributed by atoms with Gasteiger partial charge in [0.1, 0.15) is 5.82 Å². The largest absolute Gasteiger partial charge is 0.383 e. The van der Waals surface area contributed by atoms with Crippen LogP contribution in [0.2, 0.25) is 0 Å². The Balaban J connectivity index is 2.19. The Bertz CT molecular complexity index is 430. The standard InChI is InChI=1S/C15H27N5/c1-3-15(2,20-9-4-5-10-20)13(19-17)11-12-7-6-8-18-14(12)16/h6-8,13,19H,3-5,9-11,17H2,1-2H3,(H2,16,18). The summed E-state index contributed by atoms with van der Waals surface area (Å²) in [4.78, 5) is 6.73. The molecular formula is C15H27N5. The fraction of sp³-hybridized carbons (Fsp3) is 0.667. The van der Waals surface area contributed by atoms with Gasteiger partial charge in [0, 0.05) is 17.8 Å². The summed E-state index contributed by atoms with van der Waals surface area (Å²) in [6.07, 6.45) is 6.14. The Labute approximate surface area is 121 Å². The fourth-order valence-corrected chi connectivity index (χ4v) is 3.22. The van der Waals surface area contributed by atoms with E-state index in [4.69, 9.17) is 11.6 Å². The number of likely N-dealkylation sites (tertiary alicyclic amines) is 1. The highest BCUT2D eigenvalue weighted by Crippen LogP contribution is 2.30. The van der Waals surface area contributed by atoms with Crippen molar-refractivity contribution in [1.29, 1.82) is 0 Å². The lowest BCUT2D eigenvalue weighted by molar-refractivity contribution is 0.0841. The minimum atomic E-state index is 0.0491. The summed E-state index contributed by atoms with van der Waals surface area (Å²) in [5, 5.41) is 0. The third kappa shape index (κ3) is 2.95. The molecule has 0 aliphatic carbocycles. The maximum atomic E-state index is 5.97. The van der Waals surface area contributed by atoms with Gasteiger partial charge in [0.15, 0.2) is 0 Å².